The van der Waals surface area contributed by atoms with Gasteiger partial charge in [0.15, 0.2) is 0 Å². The number of carboxylic acids is 1. The number of ether oxygens (including phenoxy) is 1. The molecule has 0 saturated heterocycles. The second-order valence-electron chi connectivity index (χ2n) is 5.56. The molecule has 1 N–H and O–H groups in total. The molecule has 0 aromatic heterocycles. The van der Waals surface area contributed by atoms with Gasteiger partial charge in [0.2, 0.25) is 0 Å². The zero-order valence-electron chi connectivity index (χ0n) is 13.3. The molecule has 0 radical (unpaired) electrons. The minimum absolute atomic E-state index is 0.398. The first-order chi connectivity index (χ1) is 10.6. The van der Waals surface area contributed by atoms with Crippen LogP contribution in [0.4, 0.5) is 0 Å². The van der Waals surface area contributed by atoms with Crippen molar-refractivity contribution in [2.45, 2.75) is 64.7 Å². The largest absolute Gasteiger partial charge is 0.481 e. The van der Waals surface area contributed by atoms with Crippen LogP contribution >= 0.6 is 0 Å². The molecule has 0 bridgehead atoms. The highest BCUT2D eigenvalue weighted by Gasteiger charge is 2.09. The predicted molar refractivity (Wildman–Crippen MR) is 86.0 cm³/mol. The van der Waals surface area contributed by atoms with Crippen molar-refractivity contribution in [1.29, 1.82) is 0 Å². The molecule has 0 aliphatic carbocycles. The Morgan fingerprint density at radius 1 is 0.955 bits per heavy atom. The van der Waals surface area contributed by atoms with Crippen molar-refractivity contribution in [3.63, 3.8) is 0 Å². The van der Waals surface area contributed by atoms with Gasteiger partial charge in [-0.2, -0.15) is 0 Å². The summed E-state index contributed by atoms with van der Waals surface area (Å²) in [6, 6.07) is 7.30. The molecule has 4 nitrogen and oxygen atoms in total. The molecule has 0 heterocycles. The monoisotopic (exact) mass is 306 g/mol. The summed E-state index contributed by atoms with van der Waals surface area (Å²) in [6.45, 7) is 2.22. The summed E-state index contributed by atoms with van der Waals surface area (Å²) in [4.78, 5) is 21.6. The number of benzene rings is 1. The van der Waals surface area contributed by atoms with Gasteiger partial charge in [-0.1, -0.05) is 57.6 Å². The van der Waals surface area contributed by atoms with Crippen LogP contribution in [0.1, 0.15) is 63.9 Å². The van der Waals surface area contributed by atoms with Crippen molar-refractivity contribution in [3.8, 4) is 5.75 Å². The van der Waals surface area contributed by atoms with Gasteiger partial charge in [-0.15, -0.1) is 0 Å². The number of carbonyl (C=O) groups excluding carboxylic acids is 1. The molecular weight excluding hydrogens is 280 g/mol. The maximum absolute atomic E-state index is 11.2. The Morgan fingerprint density at radius 2 is 1.55 bits per heavy atom. The van der Waals surface area contributed by atoms with Gasteiger partial charge in [-0.3, -0.25) is 9.59 Å². The molecule has 1 rings (SSSR count). The second kappa shape index (κ2) is 10.8. The van der Waals surface area contributed by atoms with Gasteiger partial charge in [0.05, 0.1) is 0 Å². The maximum Gasteiger partial charge on any atom is 0.322 e. The lowest BCUT2D eigenvalue weighted by Gasteiger charge is -2.05. The molecule has 0 spiro atoms. The third-order valence-electron chi connectivity index (χ3n) is 3.52. The zero-order valence-corrected chi connectivity index (χ0v) is 13.3. The molecule has 0 fully saturated rings. The highest BCUT2D eigenvalue weighted by molar-refractivity contribution is 5.91. The van der Waals surface area contributed by atoms with Gasteiger partial charge in [0.25, 0.3) is 0 Å². The lowest BCUT2D eigenvalue weighted by Crippen LogP contribution is -2.13. The number of carboxylic acid groups (broad SMARTS) is 1. The number of carbonyl (C=O) groups is 2. The maximum atomic E-state index is 11.2. The number of esters is 1. The van der Waals surface area contributed by atoms with E-state index in [9.17, 15) is 9.59 Å². The van der Waals surface area contributed by atoms with Crippen LogP contribution in [0.15, 0.2) is 24.3 Å². The number of hydrogen-bond donors (Lipinski definition) is 1. The first kappa shape index (κ1) is 18.2. The highest BCUT2D eigenvalue weighted by atomic mass is 16.5. The lowest BCUT2D eigenvalue weighted by atomic mass is 10.0. The smallest absolute Gasteiger partial charge is 0.322 e. The van der Waals surface area contributed by atoms with E-state index in [4.69, 9.17) is 9.84 Å². The predicted octanol–water partition coefficient (Wildman–Crippen LogP) is 4.36. The first-order valence-electron chi connectivity index (χ1n) is 8.13. The van der Waals surface area contributed by atoms with E-state index in [-0.39, 0.29) is 0 Å². The first-order valence-corrected chi connectivity index (χ1v) is 8.13. The summed E-state index contributed by atoms with van der Waals surface area (Å²) in [5.41, 5.74) is 1.21. The van der Waals surface area contributed by atoms with Gasteiger partial charge in [0, 0.05) is 0 Å². The zero-order chi connectivity index (χ0) is 16.2. The minimum atomic E-state index is -1.18. The van der Waals surface area contributed by atoms with E-state index in [1.54, 1.807) is 12.1 Å². The van der Waals surface area contributed by atoms with Crippen LogP contribution in [0, 0.1) is 0 Å². The summed E-state index contributed by atoms with van der Waals surface area (Å²) < 4.78 is 4.94. The summed E-state index contributed by atoms with van der Waals surface area (Å²) in [6.07, 6.45) is 9.41. The van der Waals surface area contributed by atoms with E-state index in [0.717, 1.165) is 6.42 Å². The van der Waals surface area contributed by atoms with Crippen molar-refractivity contribution < 1.29 is 19.4 Å². The highest BCUT2D eigenvalue weighted by Crippen LogP contribution is 2.15. The van der Waals surface area contributed by atoms with Crippen molar-refractivity contribution in [2.24, 2.45) is 0 Å². The standard InChI is InChI=1S/C18H26O4/c1-2-3-4-5-6-7-8-9-15-10-12-16(13-11-15)22-18(21)14-17(19)20/h10-13H,2-9,14H2,1H3,(H,19,20). The molecule has 0 saturated carbocycles. The number of aliphatic carboxylic acids is 1. The topological polar surface area (TPSA) is 63.6 Å². The van der Waals surface area contributed by atoms with Gasteiger partial charge in [0.1, 0.15) is 12.2 Å². The molecule has 22 heavy (non-hydrogen) atoms. The molecule has 1 aromatic carbocycles. The van der Waals surface area contributed by atoms with Gasteiger partial charge in [-0.05, 0) is 30.5 Å². The summed E-state index contributed by atoms with van der Waals surface area (Å²) in [5, 5.41) is 8.49. The molecule has 122 valence electrons. The molecule has 1 aromatic rings. The number of unbranched alkanes of at least 4 members (excludes halogenated alkanes) is 6. The van der Waals surface area contributed by atoms with Crippen LogP contribution in [0.25, 0.3) is 0 Å². The van der Waals surface area contributed by atoms with Crippen LogP contribution in [0.3, 0.4) is 0 Å². The van der Waals surface area contributed by atoms with Crippen LogP contribution < -0.4 is 4.74 Å². The third-order valence-corrected chi connectivity index (χ3v) is 3.52. The fraction of sp³-hybridized carbons (Fsp3) is 0.556. The van der Waals surface area contributed by atoms with E-state index >= 15 is 0 Å². The Bertz CT molecular complexity index is 451. The van der Waals surface area contributed by atoms with E-state index in [0.29, 0.717) is 5.75 Å². The van der Waals surface area contributed by atoms with Gasteiger partial charge >= 0.3 is 11.9 Å². The quantitative estimate of drug-likeness (QED) is 0.285. The molecule has 0 unspecified atom stereocenters. The average Bonchev–Trinajstić information content (AvgIpc) is 2.47. The lowest BCUT2D eigenvalue weighted by molar-refractivity contribution is -0.145. The number of hydrogen-bond acceptors (Lipinski definition) is 3. The molecular formula is C18H26O4. The second-order valence-corrected chi connectivity index (χ2v) is 5.56. The van der Waals surface area contributed by atoms with Gasteiger partial charge in [-0.25, -0.2) is 0 Å². The van der Waals surface area contributed by atoms with E-state index in [1.807, 2.05) is 12.1 Å². The normalized spacial score (nSPS) is 10.4. The molecule has 0 aliphatic rings. The summed E-state index contributed by atoms with van der Waals surface area (Å²) in [5.74, 6) is -1.53. The molecule has 0 aliphatic heterocycles. The van der Waals surface area contributed by atoms with Crippen LogP contribution in [-0.2, 0) is 16.0 Å². The summed E-state index contributed by atoms with van der Waals surface area (Å²) >= 11 is 0. The minimum Gasteiger partial charge on any atom is -0.481 e. The SMILES string of the molecule is CCCCCCCCCc1ccc(OC(=O)CC(=O)O)cc1. The van der Waals surface area contributed by atoms with Crippen molar-refractivity contribution in [2.75, 3.05) is 0 Å². The molecule has 4 heteroatoms. The number of aryl methyl sites for hydroxylation is 1. The molecule has 0 amide bonds. The van der Waals surface area contributed by atoms with Gasteiger partial charge < -0.3 is 9.84 Å². The fourth-order valence-electron chi connectivity index (χ4n) is 2.30. The van der Waals surface area contributed by atoms with Crippen molar-refractivity contribution in [1.82, 2.24) is 0 Å². The van der Waals surface area contributed by atoms with E-state index in [2.05, 4.69) is 6.92 Å². The van der Waals surface area contributed by atoms with Crippen LogP contribution in [-0.4, -0.2) is 17.0 Å². The summed E-state index contributed by atoms with van der Waals surface area (Å²) in [7, 11) is 0. The average molecular weight is 306 g/mol. The Hall–Kier alpha value is -1.84. The third kappa shape index (κ3) is 8.45. The van der Waals surface area contributed by atoms with Crippen LogP contribution in [0.5, 0.6) is 5.75 Å². The Kier molecular flexibility index (Phi) is 8.96. The van der Waals surface area contributed by atoms with Crippen molar-refractivity contribution >= 4 is 11.9 Å². The Morgan fingerprint density at radius 3 is 2.14 bits per heavy atom. The fourth-order valence-corrected chi connectivity index (χ4v) is 2.30. The Labute approximate surface area is 132 Å². The van der Waals surface area contributed by atoms with Crippen LogP contribution in [0.2, 0.25) is 0 Å². The Balaban J connectivity index is 2.21. The van der Waals surface area contributed by atoms with Crippen molar-refractivity contribution in [3.05, 3.63) is 29.8 Å². The van der Waals surface area contributed by atoms with E-state index in [1.165, 1.54) is 50.5 Å². The van der Waals surface area contributed by atoms with E-state index < -0.39 is 18.4 Å². The molecule has 0 atom stereocenters. The number of rotatable bonds is 11.